The average molecular weight is 430 g/mol. The first-order chi connectivity index (χ1) is 14.2. The number of carbonyl (C=O) groups is 1. The maximum absolute atomic E-state index is 13.2. The molecule has 0 spiro atoms. The number of nitrogens with one attached hydrogen (secondary N) is 2. The number of carbonyl (C=O) groups excluding carboxylic acids is 1. The zero-order chi connectivity index (χ0) is 21.6. The number of nitrogens with zero attached hydrogens (tertiary/aromatic N) is 1. The molecule has 0 saturated heterocycles. The minimum Gasteiger partial charge on any atom is -0.383 e. The fourth-order valence-corrected chi connectivity index (χ4v) is 4.72. The van der Waals surface area contributed by atoms with Gasteiger partial charge >= 0.3 is 5.69 Å². The van der Waals surface area contributed by atoms with Gasteiger partial charge in [0.25, 0.3) is 5.56 Å². The summed E-state index contributed by atoms with van der Waals surface area (Å²) in [6, 6.07) is 7.20. The Morgan fingerprint density at radius 3 is 2.63 bits per heavy atom. The van der Waals surface area contributed by atoms with Crippen LogP contribution in [0.1, 0.15) is 43.7 Å². The third-order valence-electron chi connectivity index (χ3n) is 5.74. The summed E-state index contributed by atoms with van der Waals surface area (Å²) in [4.78, 5) is 41.2. The van der Waals surface area contributed by atoms with Gasteiger partial charge in [-0.05, 0) is 23.5 Å². The number of methoxy groups -OCH3 is 1. The van der Waals surface area contributed by atoms with Gasteiger partial charge in [0.1, 0.15) is 5.82 Å². The van der Waals surface area contributed by atoms with Gasteiger partial charge in [0.15, 0.2) is 5.78 Å². The molecule has 2 N–H and O–H groups in total. The van der Waals surface area contributed by atoms with Crippen LogP contribution in [0.4, 0.5) is 5.82 Å². The highest BCUT2D eigenvalue weighted by Gasteiger charge is 2.43. The van der Waals surface area contributed by atoms with Crippen molar-refractivity contribution in [3.05, 3.63) is 72.5 Å². The molecule has 7 nitrogen and oxygen atoms in total. The van der Waals surface area contributed by atoms with Crippen LogP contribution in [0.3, 0.4) is 0 Å². The van der Waals surface area contributed by atoms with Gasteiger partial charge in [0.05, 0.1) is 18.7 Å². The van der Waals surface area contributed by atoms with E-state index in [2.05, 4.69) is 10.3 Å². The highest BCUT2D eigenvalue weighted by molar-refractivity contribution is 6.31. The summed E-state index contributed by atoms with van der Waals surface area (Å²) in [5.74, 6) is -0.264. The molecule has 0 radical (unpaired) electrons. The second kappa shape index (κ2) is 7.56. The standard InChI is InChI=1S/C22H24ClN3O4/c1-22(2)10-14-17(15(27)11-22)16(12-6-4-5-7-13(12)23)18-19(24-14)26(8-9-30-3)21(29)25-20(18)28/h4-7,16,24H,8-11H2,1-3H3,(H,25,28,29). The molecule has 30 heavy (non-hydrogen) atoms. The number of aromatic nitrogens is 2. The van der Waals surface area contributed by atoms with Crippen LogP contribution in [0.25, 0.3) is 0 Å². The Morgan fingerprint density at radius 2 is 1.93 bits per heavy atom. The van der Waals surface area contributed by atoms with Gasteiger partial charge in [-0.1, -0.05) is 43.6 Å². The van der Waals surface area contributed by atoms with Crippen LogP contribution in [0.15, 0.2) is 45.1 Å². The van der Waals surface area contributed by atoms with Crippen molar-refractivity contribution in [2.75, 3.05) is 19.0 Å². The third kappa shape index (κ3) is 3.42. The van der Waals surface area contributed by atoms with Crippen LogP contribution >= 0.6 is 11.6 Å². The normalized spacial score (nSPS) is 19.9. The van der Waals surface area contributed by atoms with Crippen molar-refractivity contribution in [3.63, 3.8) is 0 Å². The summed E-state index contributed by atoms with van der Waals surface area (Å²) >= 11 is 6.51. The van der Waals surface area contributed by atoms with Crippen LogP contribution in [0.2, 0.25) is 5.02 Å². The molecule has 8 heteroatoms. The fraction of sp³-hybridized carbons (Fsp3) is 0.409. The van der Waals surface area contributed by atoms with Gasteiger partial charge in [0, 0.05) is 35.7 Å². The van der Waals surface area contributed by atoms with E-state index in [0.29, 0.717) is 47.0 Å². The summed E-state index contributed by atoms with van der Waals surface area (Å²) in [5.41, 5.74) is 1.01. The van der Waals surface area contributed by atoms with E-state index in [-0.39, 0.29) is 17.7 Å². The average Bonchev–Trinajstić information content (AvgIpc) is 2.65. The smallest absolute Gasteiger partial charge is 0.330 e. The van der Waals surface area contributed by atoms with E-state index < -0.39 is 17.2 Å². The van der Waals surface area contributed by atoms with Crippen LogP contribution in [0, 0.1) is 5.41 Å². The van der Waals surface area contributed by atoms with Crippen LogP contribution in [0.5, 0.6) is 0 Å². The van der Waals surface area contributed by atoms with E-state index in [4.69, 9.17) is 16.3 Å². The molecule has 1 atom stereocenters. The number of fused-ring (bicyclic) bond motifs is 1. The van der Waals surface area contributed by atoms with Gasteiger partial charge in [-0.25, -0.2) is 4.79 Å². The van der Waals surface area contributed by atoms with Crippen molar-refractivity contribution in [1.29, 1.82) is 0 Å². The molecule has 1 unspecified atom stereocenters. The molecule has 2 heterocycles. The summed E-state index contributed by atoms with van der Waals surface area (Å²) in [5, 5.41) is 3.73. The topological polar surface area (TPSA) is 93.2 Å². The van der Waals surface area contributed by atoms with E-state index in [1.54, 1.807) is 19.2 Å². The molecular formula is C22H24ClN3O4. The number of benzene rings is 1. The number of allylic oxidation sites excluding steroid dienone is 2. The zero-order valence-corrected chi connectivity index (χ0v) is 17.9. The van der Waals surface area contributed by atoms with Gasteiger partial charge in [-0.2, -0.15) is 0 Å². The quantitative estimate of drug-likeness (QED) is 0.779. The Bertz CT molecular complexity index is 1180. The number of aromatic amines is 1. The molecule has 1 aliphatic heterocycles. The van der Waals surface area contributed by atoms with E-state index in [1.165, 1.54) is 4.57 Å². The SMILES string of the molecule is COCCn1c2c(c(=O)[nH]c1=O)C(c1ccccc1Cl)C1=C(CC(C)(C)CC1=O)N2. The minimum absolute atomic E-state index is 0.0154. The predicted molar refractivity (Wildman–Crippen MR) is 115 cm³/mol. The number of halogens is 1. The Balaban J connectivity index is 2.03. The van der Waals surface area contributed by atoms with Crippen LogP contribution in [-0.2, 0) is 16.1 Å². The van der Waals surface area contributed by atoms with Crippen LogP contribution < -0.4 is 16.6 Å². The second-order valence-electron chi connectivity index (χ2n) is 8.58. The predicted octanol–water partition coefficient (Wildman–Crippen LogP) is 3.04. The molecule has 0 bridgehead atoms. The number of ether oxygens (including phenoxy) is 1. The van der Waals surface area contributed by atoms with Crippen molar-refractivity contribution in [3.8, 4) is 0 Å². The van der Waals surface area contributed by atoms with Gasteiger partial charge in [-0.3, -0.25) is 19.1 Å². The van der Waals surface area contributed by atoms with E-state index >= 15 is 0 Å². The lowest BCUT2D eigenvalue weighted by atomic mass is 9.69. The summed E-state index contributed by atoms with van der Waals surface area (Å²) in [6.07, 6.45) is 1.00. The van der Waals surface area contributed by atoms with Crippen molar-refractivity contribution in [2.45, 2.75) is 39.2 Å². The summed E-state index contributed by atoms with van der Waals surface area (Å²) in [6.45, 7) is 4.63. The van der Waals surface area contributed by atoms with Crippen molar-refractivity contribution >= 4 is 23.2 Å². The lowest BCUT2D eigenvalue weighted by molar-refractivity contribution is -0.118. The van der Waals surface area contributed by atoms with E-state index in [9.17, 15) is 14.4 Å². The Morgan fingerprint density at radius 1 is 1.20 bits per heavy atom. The first-order valence-electron chi connectivity index (χ1n) is 9.87. The number of rotatable bonds is 4. The molecule has 2 aliphatic rings. The van der Waals surface area contributed by atoms with E-state index in [1.807, 2.05) is 26.0 Å². The molecule has 0 amide bonds. The number of Topliss-reactive ketones (excluding diaryl/α,β-unsaturated/α-hetero) is 1. The largest absolute Gasteiger partial charge is 0.383 e. The highest BCUT2D eigenvalue weighted by atomic mass is 35.5. The van der Waals surface area contributed by atoms with Crippen molar-refractivity contribution in [2.24, 2.45) is 5.41 Å². The van der Waals surface area contributed by atoms with Crippen LogP contribution in [-0.4, -0.2) is 29.1 Å². The summed E-state index contributed by atoms with van der Waals surface area (Å²) < 4.78 is 6.60. The maximum Gasteiger partial charge on any atom is 0.330 e. The Labute approximate surface area is 178 Å². The van der Waals surface area contributed by atoms with Gasteiger partial charge in [0.2, 0.25) is 0 Å². The lowest BCUT2D eigenvalue weighted by Crippen LogP contribution is -2.42. The highest BCUT2D eigenvalue weighted by Crippen LogP contribution is 2.48. The molecule has 1 aliphatic carbocycles. The monoisotopic (exact) mass is 429 g/mol. The number of hydrogen-bond acceptors (Lipinski definition) is 5. The third-order valence-corrected chi connectivity index (χ3v) is 6.08. The molecule has 0 saturated carbocycles. The zero-order valence-electron chi connectivity index (χ0n) is 17.2. The summed E-state index contributed by atoms with van der Waals surface area (Å²) in [7, 11) is 1.55. The molecule has 2 aromatic rings. The first-order valence-corrected chi connectivity index (χ1v) is 10.2. The lowest BCUT2D eigenvalue weighted by Gasteiger charge is -2.39. The van der Waals surface area contributed by atoms with Crippen molar-refractivity contribution in [1.82, 2.24) is 9.55 Å². The molecular weight excluding hydrogens is 406 g/mol. The number of hydrogen-bond donors (Lipinski definition) is 2. The first kappa shape index (κ1) is 20.6. The molecule has 158 valence electrons. The number of H-pyrrole nitrogens is 1. The second-order valence-corrected chi connectivity index (χ2v) is 8.99. The molecule has 1 aromatic carbocycles. The number of anilines is 1. The molecule has 0 fully saturated rings. The number of ketones is 1. The fourth-order valence-electron chi connectivity index (χ4n) is 4.47. The van der Waals surface area contributed by atoms with Gasteiger partial charge in [-0.15, -0.1) is 0 Å². The Hall–Kier alpha value is -2.64. The van der Waals surface area contributed by atoms with Gasteiger partial charge < -0.3 is 10.1 Å². The molecule has 1 aromatic heterocycles. The Kier molecular flexibility index (Phi) is 5.20. The minimum atomic E-state index is -0.647. The molecule has 4 rings (SSSR count). The maximum atomic E-state index is 13.2. The van der Waals surface area contributed by atoms with E-state index in [0.717, 1.165) is 5.70 Å². The van der Waals surface area contributed by atoms with Crippen molar-refractivity contribution < 1.29 is 9.53 Å².